The van der Waals surface area contributed by atoms with Gasteiger partial charge in [-0.3, -0.25) is 0 Å². The van der Waals surface area contributed by atoms with Gasteiger partial charge in [0.15, 0.2) is 0 Å². The van der Waals surface area contributed by atoms with Crippen LogP contribution in [0.2, 0.25) is 15.4 Å². The number of hydrogen-bond donors (Lipinski definition) is 0. The van der Waals surface area contributed by atoms with Crippen LogP contribution < -0.4 is 51.4 Å². The van der Waals surface area contributed by atoms with Crippen LogP contribution in [-0.2, 0) is 5.41 Å². The van der Waals surface area contributed by atoms with Crippen molar-refractivity contribution >= 4 is 30.2 Å². The molecule has 0 N–H and O–H groups in total. The molecule has 3 aliphatic rings. The Morgan fingerprint density at radius 2 is 1.61 bits per heavy atom. The summed E-state index contributed by atoms with van der Waals surface area (Å²) in [7, 11) is 0. The quantitative estimate of drug-likeness (QED) is 0.732. The molecule has 3 aliphatic carbocycles. The number of halogens is 5. The second kappa shape index (κ2) is 4.65. The van der Waals surface area contributed by atoms with E-state index in [1.807, 2.05) is 0 Å². The fraction of sp³-hybridized carbons (Fsp3) is 0.455. The van der Waals surface area contributed by atoms with E-state index in [9.17, 15) is 12.9 Å². The van der Waals surface area contributed by atoms with Gasteiger partial charge in [-0.2, -0.15) is 0 Å². The summed E-state index contributed by atoms with van der Waals surface area (Å²) in [5, 5.41) is -0.372. The first-order chi connectivity index (χ1) is 7.78. The SMILES string of the molecule is F[B-](F)(F)C12CC(c3ccc(Cl)cc3Cl)(C1)C2.[K+]. The van der Waals surface area contributed by atoms with Crippen molar-refractivity contribution in [2.45, 2.75) is 30.0 Å². The fourth-order valence-electron chi connectivity index (χ4n) is 3.42. The molecule has 18 heavy (non-hydrogen) atoms. The minimum atomic E-state index is -4.72. The van der Waals surface area contributed by atoms with Gasteiger partial charge in [-0.25, -0.2) is 0 Å². The van der Waals surface area contributed by atoms with E-state index in [0.29, 0.717) is 10.0 Å². The molecular weight excluding hydrogens is 310 g/mol. The van der Waals surface area contributed by atoms with Crippen LogP contribution in [0.15, 0.2) is 18.2 Å². The van der Waals surface area contributed by atoms with Crippen LogP contribution in [0, 0.1) is 0 Å². The first kappa shape index (κ1) is 15.7. The molecule has 0 radical (unpaired) electrons. The molecule has 4 rings (SSSR count). The second-order valence-electron chi connectivity index (χ2n) is 5.37. The van der Waals surface area contributed by atoms with Crippen LogP contribution in [0.25, 0.3) is 0 Å². The topological polar surface area (TPSA) is 0 Å². The smallest absolute Gasteiger partial charge is 0.449 e. The Hall–Kier alpha value is 1.29. The molecule has 0 spiro atoms. The summed E-state index contributed by atoms with van der Waals surface area (Å²) in [6, 6.07) is 5.05. The number of benzene rings is 1. The van der Waals surface area contributed by atoms with E-state index in [-0.39, 0.29) is 76.1 Å². The summed E-state index contributed by atoms with van der Waals surface area (Å²) in [6.07, 6.45) is 0.598. The minimum Gasteiger partial charge on any atom is -0.449 e. The second-order valence-corrected chi connectivity index (χ2v) is 6.22. The van der Waals surface area contributed by atoms with Gasteiger partial charge in [0.1, 0.15) is 0 Å². The Morgan fingerprint density at radius 3 is 2.06 bits per heavy atom. The van der Waals surface area contributed by atoms with Crippen molar-refractivity contribution in [3.8, 4) is 0 Å². The van der Waals surface area contributed by atoms with Crippen molar-refractivity contribution in [1.82, 2.24) is 0 Å². The average Bonchev–Trinajstić information content (AvgIpc) is 2.01. The summed E-state index contributed by atoms with van der Waals surface area (Å²) in [5.41, 5.74) is 0.490. The van der Waals surface area contributed by atoms with Crippen molar-refractivity contribution < 1.29 is 64.3 Å². The molecule has 3 fully saturated rings. The van der Waals surface area contributed by atoms with Crippen molar-refractivity contribution in [3.63, 3.8) is 0 Å². The maximum absolute atomic E-state index is 12.8. The van der Waals surface area contributed by atoms with E-state index in [2.05, 4.69) is 0 Å². The normalized spacial score (nSPS) is 33.2. The molecule has 0 heterocycles. The molecule has 0 saturated heterocycles. The van der Waals surface area contributed by atoms with Gasteiger partial charge in [0, 0.05) is 10.0 Å². The Kier molecular flexibility index (Phi) is 4.05. The number of rotatable bonds is 2. The van der Waals surface area contributed by atoms with E-state index in [1.165, 1.54) is 0 Å². The van der Waals surface area contributed by atoms with Crippen LogP contribution in [0.1, 0.15) is 24.8 Å². The monoisotopic (exact) mass is 318 g/mol. The van der Waals surface area contributed by atoms with Crippen molar-refractivity contribution in [2.24, 2.45) is 0 Å². The first-order valence-corrected chi connectivity index (χ1v) is 6.19. The Bertz CT molecular complexity index is 484. The molecule has 2 bridgehead atoms. The van der Waals surface area contributed by atoms with Gasteiger partial charge in [-0.1, -0.05) is 53.8 Å². The summed E-state index contributed by atoms with van der Waals surface area (Å²) >= 11 is 11.8. The third-order valence-electron chi connectivity index (χ3n) is 4.27. The van der Waals surface area contributed by atoms with Crippen LogP contribution in [-0.4, -0.2) is 6.98 Å². The summed E-state index contributed by atoms with van der Waals surface area (Å²) < 4.78 is 38.3. The van der Waals surface area contributed by atoms with E-state index < -0.39 is 12.3 Å². The Labute approximate surface area is 156 Å². The minimum absolute atomic E-state index is 0. The summed E-state index contributed by atoms with van der Waals surface area (Å²) in [5.74, 6) is 0. The zero-order valence-corrected chi connectivity index (χ0v) is 14.5. The van der Waals surface area contributed by atoms with E-state index in [4.69, 9.17) is 23.2 Å². The van der Waals surface area contributed by atoms with Gasteiger partial charge in [-0.05, 0) is 23.1 Å². The molecule has 3 saturated carbocycles. The van der Waals surface area contributed by atoms with E-state index >= 15 is 0 Å². The van der Waals surface area contributed by atoms with Gasteiger partial charge in [0.2, 0.25) is 0 Å². The molecule has 0 unspecified atom stereocenters. The average molecular weight is 319 g/mol. The molecule has 92 valence electrons. The summed E-state index contributed by atoms with van der Waals surface area (Å²) in [4.78, 5) is 0. The van der Waals surface area contributed by atoms with Gasteiger partial charge >= 0.3 is 58.4 Å². The Balaban J connectivity index is 0.00000120. The van der Waals surface area contributed by atoms with Crippen LogP contribution in [0.4, 0.5) is 12.9 Å². The maximum atomic E-state index is 12.8. The van der Waals surface area contributed by atoms with Gasteiger partial charge in [0.05, 0.1) is 0 Å². The van der Waals surface area contributed by atoms with Gasteiger partial charge in [0.25, 0.3) is 0 Å². The third-order valence-corrected chi connectivity index (χ3v) is 4.82. The third kappa shape index (κ3) is 2.05. The molecule has 1 aromatic carbocycles. The van der Waals surface area contributed by atoms with Crippen LogP contribution in [0.5, 0.6) is 0 Å². The largest absolute Gasteiger partial charge is 1.00 e. The first-order valence-electron chi connectivity index (χ1n) is 5.43. The standard InChI is InChI=1S/C11H9BCl2F3.K/c13-7-1-2-8(9(14)3-7)10-4-11(5-10,6-10)12(15,16)17;/h1-3H,4-6H2;/q-1;+1. The predicted molar refractivity (Wildman–Crippen MR) is 63.8 cm³/mol. The van der Waals surface area contributed by atoms with Gasteiger partial charge in [-0.15, -0.1) is 0 Å². The molecule has 0 aliphatic heterocycles. The number of hydrogen-bond acceptors (Lipinski definition) is 0. The molecule has 0 amide bonds. The molecule has 0 atom stereocenters. The zero-order chi connectivity index (χ0) is 12.5. The summed E-state index contributed by atoms with van der Waals surface area (Å²) in [6.45, 7) is -4.72. The van der Waals surface area contributed by atoms with Gasteiger partial charge < -0.3 is 12.9 Å². The molecule has 0 aromatic heterocycles. The maximum Gasteiger partial charge on any atom is 1.00 e. The van der Waals surface area contributed by atoms with Crippen LogP contribution >= 0.6 is 23.2 Å². The molecular formula is C11H9BCl2F3K. The fourth-order valence-corrected chi connectivity index (χ4v) is 4.03. The van der Waals surface area contributed by atoms with E-state index in [1.54, 1.807) is 18.2 Å². The van der Waals surface area contributed by atoms with Crippen molar-refractivity contribution in [2.75, 3.05) is 0 Å². The Morgan fingerprint density at radius 1 is 1.06 bits per heavy atom. The van der Waals surface area contributed by atoms with E-state index in [0.717, 1.165) is 5.56 Å². The van der Waals surface area contributed by atoms with Crippen LogP contribution in [0.3, 0.4) is 0 Å². The predicted octanol–water partition coefficient (Wildman–Crippen LogP) is 2.02. The molecule has 7 heteroatoms. The van der Waals surface area contributed by atoms with Crippen molar-refractivity contribution in [3.05, 3.63) is 33.8 Å². The molecule has 1 aromatic rings. The zero-order valence-electron chi connectivity index (χ0n) is 9.82. The molecule has 0 nitrogen and oxygen atoms in total. The van der Waals surface area contributed by atoms with Crippen molar-refractivity contribution in [1.29, 1.82) is 0 Å².